The van der Waals surface area contributed by atoms with Crippen LogP contribution in [0.15, 0.2) is 18.7 Å². The van der Waals surface area contributed by atoms with E-state index >= 15 is 0 Å². The molecule has 0 atom stereocenters. The van der Waals surface area contributed by atoms with E-state index in [1.54, 1.807) is 0 Å². The Morgan fingerprint density at radius 3 is 1.65 bits per heavy atom. The molecule has 1 aromatic heterocycles. The summed E-state index contributed by atoms with van der Waals surface area (Å²) in [4.78, 5) is 0. The summed E-state index contributed by atoms with van der Waals surface area (Å²) in [7, 11) is 33.9. The molecule has 11 heteroatoms. The van der Waals surface area contributed by atoms with Crippen LogP contribution in [-0.4, -0.2) is 25.3 Å². The molecule has 0 saturated heterocycles. The first-order valence-electron chi connectivity index (χ1n) is 4.36. The molecule has 0 radical (unpaired) electrons. The molecule has 0 amide bonds. The van der Waals surface area contributed by atoms with Crippen LogP contribution in [0.1, 0.15) is 6.92 Å². The van der Waals surface area contributed by atoms with Crippen LogP contribution >= 0.6 is 70.3 Å². The van der Waals surface area contributed by atoms with Crippen molar-refractivity contribution < 1.29 is 4.57 Å². The van der Waals surface area contributed by atoms with Crippen LogP contribution < -0.4 is 4.57 Å². The first-order valence-corrected chi connectivity index (χ1v) is 16.6. The molecule has 1 aromatic rings. The monoisotopic (exact) mass is 410 g/mol. The normalized spacial score (nSPS) is 9.71. The molecule has 0 saturated carbocycles. The molecule has 0 unspecified atom stereocenters. The average molecular weight is 413 g/mol. The van der Waals surface area contributed by atoms with Gasteiger partial charge in [-0.05, 0) is 6.92 Å². The molecule has 0 bridgehead atoms. The van der Waals surface area contributed by atoms with Gasteiger partial charge in [-0.15, -0.1) is 0 Å². The zero-order valence-corrected chi connectivity index (χ0v) is 16.7. The molecular weight excluding hydrogens is 402 g/mol. The lowest BCUT2D eigenvalue weighted by molar-refractivity contribution is -0.671. The standard InChI is InChI=1S/C6H11N2.2Al.7ClH/c1-3-8-5-4-7(2)6-8;;;;;;;;;/h4-6H,3H2,1-2H3;;;7*1H/q+1;2*+3;;;;;;;/p-7. The van der Waals surface area contributed by atoms with Crippen molar-refractivity contribution in [3.05, 3.63) is 18.7 Å². The van der Waals surface area contributed by atoms with Crippen molar-refractivity contribution in [2.45, 2.75) is 13.5 Å². The number of aryl methyl sites for hydroxylation is 2. The van der Waals surface area contributed by atoms with Crippen molar-refractivity contribution in [1.29, 1.82) is 0 Å². The van der Waals surface area contributed by atoms with Gasteiger partial charge in [-0.2, -0.15) is 0 Å². The van der Waals surface area contributed by atoms with E-state index in [1.165, 1.54) is 0 Å². The summed E-state index contributed by atoms with van der Waals surface area (Å²) in [5.41, 5.74) is 0. The first-order chi connectivity index (χ1) is 7.56. The molecule has 0 spiro atoms. The van der Waals surface area contributed by atoms with Gasteiger partial charge in [-0.3, -0.25) is 0 Å². The highest BCUT2D eigenvalue weighted by molar-refractivity contribution is 7.81. The summed E-state index contributed by atoms with van der Waals surface area (Å²) in [6.45, 7) is 3.18. The maximum Gasteiger partial charge on any atom is 0.643 e. The van der Waals surface area contributed by atoms with Crippen LogP contribution in [0.5, 0.6) is 0 Å². The highest BCUT2D eigenvalue weighted by atomic mass is 35.9. The zero-order valence-electron chi connectivity index (χ0n) is 9.13. The van der Waals surface area contributed by atoms with E-state index in [9.17, 15) is 0 Å². The first kappa shape index (κ1) is 21.6. The number of nitrogens with zero attached hydrogens (tertiary/aromatic N) is 2. The number of hydrogen-bond donors (Lipinski definition) is 0. The number of imidazole rings is 1. The van der Waals surface area contributed by atoms with E-state index in [0.29, 0.717) is 0 Å². The second kappa shape index (κ2) is 12.1. The van der Waals surface area contributed by atoms with Crippen LogP contribution in [0.25, 0.3) is 0 Å². The van der Waals surface area contributed by atoms with Crippen LogP contribution in [-0.2, 0) is 13.6 Å². The largest absolute Gasteiger partial charge is 0.643 e. The molecule has 0 fully saturated rings. The molecule has 1 rings (SSSR count). The lowest BCUT2D eigenvalue weighted by atomic mass is 10.7. The number of halogens is 7. The fourth-order valence-corrected chi connectivity index (χ4v) is 0.689. The molecule has 2 nitrogen and oxygen atoms in total. The van der Waals surface area contributed by atoms with E-state index in [1.807, 2.05) is 17.8 Å². The minimum absolute atomic E-state index is 1.06. The van der Waals surface area contributed by atoms with Crippen molar-refractivity contribution in [1.82, 2.24) is 4.57 Å². The molecule has 100 valence electrons. The lowest BCUT2D eigenvalue weighted by Gasteiger charge is -1.97. The van der Waals surface area contributed by atoms with Crippen molar-refractivity contribution in [3.8, 4) is 0 Å². The average Bonchev–Trinajstić information content (AvgIpc) is 2.47. The van der Waals surface area contributed by atoms with E-state index in [0.717, 1.165) is 6.54 Å². The van der Waals surface area contributed by atoms with Gasteiger partial charge in [0.2, 0.25) is 6.33 Å². The molecule has 0 aliphatic heterocycles. The van der Waals surface area contributed by atoms with Gasteiger partial charge in [0.1, 0.15) is 12.4 Å². The van der Waals surface area contributed by atoms with Crippen molar-refractivity contribution >= 4 is 91.1 Å². The number of hydrogen-bond acceptors (Lipinski definition) is 0. The molecule has 1 heterocycles. The highest BCUT2D eigenvalue weighted by Gasteiger charge is 2.14. The van der Waals surface area contributed by atoms with Crippen LogP contribution in [0.4, 0.5) is 0 Å². The van der Waals surface area contributed by atoms with Crippen molar-refractivity contribution in [3.63, 3.8) is 0 Å². The predicted octanol–water partition coefficient (Wildman–Crippen LogP) is 4.40. The summed E-state index contributed by atoms with van der Waals surface area (Å²) in [6.07, 6.45) is 6.14. The SMILES string of the molecule is CCn1cc[n+](C)c1.[Cl][Al-]([Cl])([Cl])[Cl].[Cl][Al]([Cl])[Cl]. The lowest BCUT2D eigenvalue weighted by Crippen LogP contribution is -2.23. The summed E-state index contributed by atoms with van der Waals surface area (Å²) >= 11 is -1.72. The van der Waals surface area contributed by atoms with Crippen LogP contribution in [0.3, 0.4) is 0 Å². The Morgan fingerprint density at radius 1 is 1.18 bits per heavy atom. The molecule has 17 heavy (non-hydrogen) atoms. The highest BCUT2D eigenvalue weighted by Crippen LogP contribution is 2.23. The Balaban J connectivity index is 0. The van der Waals surface area contributed by atoms with Gasteiger partial charge in [0, 0.05) is 0 Å². The van der Waals surface area contributed by atoms with Crippen molar-refractivity contribution in [2.24, 2.45) is 7.05 Å². The Bertz CT molecular complexity index is 279. The molecular formula is C6H11Al2Cl7N2. The third-order valence-corrected chi connectivity index (χ3v) is 1.19. The second-order valence-electron chi connectivity index (χ2n) is 2.65. The van der Waals surface area contributed by atoms with Crippen LogP contribution in [0.2, 0.25) is 0 Å². The number of aromatic nitrogens is 2. The van der Waals surface area contributed by atoms with E-state index in [4.69, 9.17) is 70.3 Å². The Morgan fingerprint density at radius 2 is 1.53 bits per heavy atom. The fraction of sp³-hybridized carbons (Fsp3) is 0.500. The maximum absolute atomic E-state index is 4.99. The summed E-state index contributed by atoms with van der Waals surface area (Å²) < 4.78 is 4.16. The van der Waals surface area contributed by atoms with Gasteiger partial charge >= 0.3 is 20.8 Å². The van der Waals surface area contributed by atoms with Gasteiger partial charge in [-0.25, -0.2) is 39.3 Å². The second-order valence-corrected chi connectivity index (χ2v) is 22.0. The third kappa shape index (κ3) is 27.5. The summed E-state index contributed by atoms with van der Waals surface area (Å²) in [6, 6.07) is 0. The van der Waals surface area contributed by atoms with Gasteiger partial charge in [0.15, 0.2) is 0 Å². The van der Waals surface area contributed by atoms with E-state index in [-0.39, 0.29) is 0 Å². The predicted molar refractivity (Wildman–Crippen MR) is 83.8 cm³/mol. The Kier molecular flexibility index (Phi) is 15.3. The molecule has 0 N–H and O–H groups in total. The molecule has 0 aliphatic carbocycles. The van der Waals surface area contributed by atoms with E-state index < -0.39 is 20.8 Å². The minimum atomic E-state index is -2.94. The van der Waals surface area contributed by atoms with Gasteiger partial charge in [-0.1, -0.05) is 0 Å². The zero-order chi connectivity index (χ0) is 14.1. The topological polar surface area (TPSA) is 8.81 Å². The van der Waals surface area contributed by atoms with Gasteiger partial charge in [0.05, 0.1) is 13.6 Å². The van der Waals surface area contributed by atoms with Crippen molar-refractivity contribution in [2.75, 3.05) is 0 Å². The van der Waals surface area contributed by atoms with E-state index in [2.05, 4.69) is 24.0 Å². The Hall–Kier alpha value is 2.30. The Labute approximate surface area is 138 Å². The quantitative estimate of drug-likeness (QED) is 0.477. The smallest absolute Gasteiger partial charge is 0.391 e. The fourth-order valence-electron chi connectivity index (χ4n) is 0.689. The number of rotatable bonds is 1. The van der Waals surface area contributed by atoms with Gasteiger partial charge < -0.3 is 40.2 Å². The summed E-state index contributed by atoms with van der Waals surface area (Å²) in [5.74, 6) is 0. The van der Waals surface area contributed by atoms with Crippen LogP contribution in [0, 0.1) is 0 Å². The van der Waals surface area contributed by atoms with Gasteiger partial charge in [0.25, 0.3) is 0 Å². The molecule has 0 aromatic carbocycles. The minimum Gasteiger partial charge on any atom is -0.391 e. The summed E-state index contributed by atoms with van der Waals surface area (Å²) in [5, 5.41) is 0. The maximum atomic E-state index is 4.99. The third-order valence-electron chi connectivity index (χ3n) is 1.19. The molecule has 0 aliphatic rings.